The molecule has 0 aromatic heterocycles. The van der Waals surface area contributed by atoms with E-state index in [1.165, 1.54) is 263 Å². The minimum Gasteiger partial charge on any atom is -0.462 e. The number of phosphoric acid groups is 2. The zero-order chi connectivity index (χ0) is 72.5. The van der Waals surface area contributed by atoms with E-state index in [9.17, 15) is 43.2 Å². The summed E-state index contributed by atoms with van der Waals surface area (Å²) in [4.78, 5) is 72.9. The number of esters is 4. The number of ether oxygens (including phenoxy) is 4. The molecule has 0 aliphatic rings. The molecule has 0 bridgehead atoms. The van der Waals surface area contributed by atoms with Gasteiger partial charge in [0, 0.05) is 25.7 Å². The maximum atomic E-state index is 13.1. The highest BCUT2D eigenvalue weighted by Gasteiger charge is 2.30. The van der Waals surface area contributed by atoms with E-state index in [4.69, 9.17) is 37.0 Å². The molecule has 0 saturated heterocycles. The fraction of sp³-hybridized carbons (Fsp3) is 0.950. The van der Waals surface area contributed by atoms with Crippen LogP contribution in [0.25, 0.3) is 0 Å². The van der Waals surface area contributed by atoms with Crippen molar-refractivity contribution in [2.75, 3.05) is 39.6 Å². The van der Waals surface area contributed by atoms with E-state index in [2.05, 4.69) is 27.7 Å². The van der Waals surface area contributed by atoms with Crippen LogP contribution in [0.15, 0.2) is 0 Å². The van der Waals surface area contributed by atoms with Crippen LogP contribution in [-0.4, -0.2) is 96.7 Å². The summed E-state index contributed by atoms with van der Waals surface area (Å²) in [6, 6.07) is 0. The summed E-state index contributed by atoms with van der Waals surface area (Å²) < 4.78 is 68.7. The van der Waals surface area contributed by atoms with E-state index >= 15 is 0 Å². The van der Waals surface area contributed by atoms with Crippen molar-refractivity contribution in [1.29, 1.82) is 0 Å². The highest BCUT2D eigenvalue weighted by Crippen LogP contribution is 2.45. The molecule has 0 radical (unpaired) electrons. The lowest BCUT2D eigenvalue weighted by atomic mass is 10.0. The average Bonchev–Trinajstić information content (AvgIpc) is 1.12. The normalized spacial score (nSPS) is 13.8. The zero-order valence-electron chi connectivity index (χ0n) is 64.5. The van der Waals surface area contributed by atoms with Crippen LogP contribution in [0.4, 0.5) is 0 Å². The van der Waals surface area contributed by atoms with Gasteiger partial charge in [0.25, 0.3) is 0 Å². The monoisotopic (exact) mass is 1450 g/mol. The summed E-state index contributed by atoms with van der Waals surface area (Å²) in [7, 11) is -9.91. The van der Waals surface area contributed by atoms with Crippen molar-refractivity contribution in [2.45, 2.75) is 451 Å². The van der Waals surface area contributed by atoms with Gasteiger partial charge in [0.05, 0.1) is 26.4 Å². The number of phosphoric ester groups is 2. The van der Waals surface area contributed by atoms with E-state index in [1.807, 2.05) is 0 Å². The molecule has 0 amide bonds. The fourth-order valence-electron chi connectivity index (χ4n) is 12.5. The Labute approximate surface area is 607 Å². The lowest BCUT2D eigenvalue weighted by Crippen LogP contribution is -2.30. The van der Waals surface area contributed by atoms with Gasteiger partial charge in [0.1, 0.15) is 19.3 Å². The predicted octanol–water partition coefficient (Wildman–Crippen LogP) is 24.2. The first-order valence-electron chi connectivity index (χ1n) is 41.8. The van der Waals surface area contributed by atoms with Gasteiger partial charge in [-0.3, -0.25) is 37.3 Å². The molecule has 0 heterocycles. The minimum absolute atomic E-state index is 0.109. The van der Waals surface area contributed by atoms with Crippen molar-refractivity contribution < 1.29 is 80.2 Å². The quantitative estimate of drug-likeness (QED) is 0.0222. The van der Waals surface area contributed by atoms with Crippen LogP contribution < -0.4 is 0 Å². The molecule has 0 aliphatic heterocycles. The Bertz CT molecular complexity index is 1880. The first-order chi connectivity index (χ1) is 48.2. The Kier molecular flexibility index (Phi) is 72.9. The Morgan fingerprint density at radius 3 is 0.596 bits per heavy atom. The van der Waals surface area contributed by atoms with Gasteiger partial charge in [-0.1, -0.05) is 381 Å². The molecule has 0 aliphatic carbocycles. The Morgan fingerprint density at radius 2 is 0.404 bits per heavy atom. The number of rotatable bonds is 81. The molecule has 17 nitrogen and oxygen atoms in total. The molecule has 3 N–H and O–H groups in total. The number of aliphatic hydroxyl groups is 1. The molecule has 0 spiro atoms. The molecule has 0 rings (SSSR count). The van der Waals surface area contributed by atoms with Gasteiger partial charge < -0.3 is 33.8 Å². The Hall–Kier alpha value is -1.94. The van der Waals surface area contributed by atoms with Crippen LogP contribution in [-0.2, 0) is 65.4 Å². The molecule has 0 saturated carbocycles. The third-order valence-corrected chi connectivity index (χ3v) is 20.8. The molecule has 0 aromatic carbocycles. The summed E-state index contributed by atoms with van der Waals surface area (Å²) >= 11 is 0. The summed E-state index contributed by atoms with van der Waals surface area (Å²) in [5.74, 6) is -2.11. The summed E-state index contributed by atoms with van der Waals surface area (Å²) in [5.41, 5.74) is 0. The number of carbonyl (C=O) groups excluding carboxylic acids is 4. The molecule has 5 atom stereocenters. The van der Waals surface area contributed by atoms with Gasteiger partial charge >= 0.3 is 39.5 Å². The molecule has 0 aromatic rings. The fourth-order valence-corrected chi connectivity index (χ4v) is 14.0. The van der Waals surface area contributed by atoms with Crippen LogP contribution in [0.3, 0.4) is 0 Å². The van der Waals surface area contributed by atoms with Crippen molar-refractivity contribution in [3.8, 4) is 0 Å². The number of unbranched alkanes of at least 4 members (excludes halogenated alkanes) is 55. The van der Waals surface area contributed by atoms with Crippen LogP contribution in [0, 0.1) is 0 Å². The van der Waals surface area contributed by atoms with Crippen LogP contribution >= 0.6 is 15.6 Å². The van der Waals surface area contributed by atoms with E-state index in [-0.39, 0.29) is 25.7 Å². The lowest BCUT2D eigenvalue weighted by molar-refractivity contribution is -0.161. The highest BCUT2D eigenvalue weighted by molar-refractivity contribution is 7.47. The van der Waals surface area contributed by atoms with Gasteiger partial charge in [-0.15, -0.1) is 0 Å². The van der Waals surface area contributed by atoms with Gasteiger partial charge in [0.15, 0.2) is 12.2 Å². The van der Waals surface area contributed by atoms with E-state index < -0.39 is 97.5 Å². The van der Waals surface area contributed by atoms with Crippen molar-refractivity contribution in [3.05, 3.63) is 0 Å². The standard InChI is InChI=1S/C80H156O17P2/c1-5-9-13-17-21-25-29-32-35-36-37-38-39-40-41-44-47-51-55-59-63-67-80(85)97-76(71-91-78(83)65-61-57-53-49-45-42-33-30-26-22-18-14-10-6-2)73-95-99(88,89)93-69-74(81)68-92-98(86,87)94-72-75(70-90-77(82)64-60-56-52-48-28-24-20-16-12-8-4)96-79(84)66-62-58-54-50-46-43-34-31-27-23-19-15-11-7-3/h74-76,81H,5-73H2,1-4H3,(H,86,87)(H,88,89)/t74-,75+,76+/m0/s1. The van der Waals surface area contributed by atoms with Crippen molar-refractivity contribution in [3.63, 3.8) is 0 Å². The SMILES string of the molecule is CCCCCCCCCCCCCCCCCCCCCCCC(=O)O[C@H](COC(=O)CCCCCCCCCCCCCCCC)COP(=O)(O)OC[C@@H](O)COP(=O)(O)OC[C@@H](COC(=O)CCCCCCCCCCCC)OC(=O)CCCCCCCCCCCCCCCC. The second kappa shape index (κ2) is 74.3. The van der Waals surface area contributed by atoms with E-state index in [1.54, 1.807) is 0 Å². The van der Waals surface area contributed by atoms with E-state index in [0.717, 1.165) is 89.9 Å². The third-order valence-electron chi connectivity index (χ3n) is 18.9. The molecule has 588 valence electrons. The molecule has 0 fully saturated rings. The first kappa shape index (κ1) is 97.1. The van der Waals surface area contributed by atoms with Crippen molar-refractivity contribution in [2.24, 2.45) is 0 Å². The lowest BCUT2D eigenvalue weighted by Gasteiger charge is -2.21. The molecular formula is C80H156O17P2. The maximum Gasteiger partial charge on any atom is 0.472 e. The number of hydrogen-bond acceptors (Lipinski definition) is 15. The van der Waals surface area contributed by atoms with Crippen LogP contribution in [0.2, 0.25) is 0 Å². The number of hydrogen-bond donors (Lipinski definition) is 3. The summed E-state index contributed by atoms with van der Waals surface area (Å²) in [6.45, 7) is 5.01. The molecule has 2 unspecified atom stereocenters. The number of aliphatic hydroxyl groups excluding tert-OH is 1. The van der Waals surface area contributed by atoms with Crippen LogP contribution in [0.1, 0.15) is 432 Å². The van der Waals surface area contributed by atoms with Crippen molar-refractivity contribution in [1.82, 2.24) is 0 Å². The Morgan fingerprint density at radius 1 is 0.242 bits per heavy atom. The molecule has 19 heteroatoms. The predicted molar refractivity (Wildman–Crippen MR) is 405 cm³/mol. The highest BCUT2D eigenvalue weighted by atomic mass is 31.2. The molecule has 99 heavy (non-hydrogen) atoms. The van der Waals surface area contributed by atoms with E-state index in [0.29, 0.717) is 25.7 Å². The third kappa shape index (κ3) is 74.1. The summed E-state index contributed by atoms with van der Waals surface area (Å²) in [6.07, 6.45) is 66.5. The largest absolute Gasteiger partial charge is 0.472 e. The second-order valence-electron chi connectivity index (χ2n) is 28.8. The molecular weight excluding hydrogens is 1290 g/mol. The maximum absolute atomic E-state index is 13.1. The second-order valence-corrected chi connectivity index (χ2v) is 31.7. The zero-order valence-corrected chi connectivity index (χ0v) is 66.3. The minimum atomic E-state index is -4.96. The summed E-state index contributed by atoms with van der Waals surface area (Å²) in [5, 5.41) is 10.6. The van der Waals surface area contributed by atoms with Gasteiger partial charge in [-0.25, -0.2) is 9.13 Å². The van der Waals surface area contributed by atoms with Crippen LogP contribution in [0.5, 0.6) is 0 Å². The van der Waals surface area contributed by atoms with Crippen molar-refractivity contribution >= 4 is 39.5 Å². The topological polar surface area (TPSA) is 237 Å². The van der Waals surface area contributed by atoms with Gasteiger partial charge in [-0.2, -0.15) is 0 Å². The van der Waals surface area contributed by atoms with Gasteiger partial charge in [0.2, 0.25) is 0 Å². The smallest absolute Gasteiger partial charge is 0.462 e. The van der Waals surface area contributed by atoms with Gasteiger partial charge in [-0.05, 0) is 25.7 Å². The Balaban J connectivity index is 5.21. The first-order valence-corrected chi connectivity index (χ1v) is 44.8. The average molecular weight is 1450 g/mol. The number of carbonyl (C=O) groups is 4.